The van der Waals surface area contributed by atoms with E-state index < -0.39 is 0 Å². The van der Waals surface area contributed by atoms with Gasteiger partial charge >= 0.3 is 0 Å². The molecule has 1 aliphatic heterocycles. The van der Waals surface area contributed by atoms with Gasteiger partial charge in [-0.1, -0.05) is 0 Å². The third-order valence-electron chi connectivity index (χ3n) is 3.19. The second kappa shape index (κ2) is 5.61. The van der Waals surface area contributed by atoms with E-state index in [9.17, 15) is 4.79 Å². The van der Waals surface area contributed by atoms with Crippen molar-refractivity contribution in [1.29, 1.82) is 0 Å². The van der Waals surface area contributed by atoms with Crippen LogP contribution in [0.4, 0.5) is 11.4 Å². The molecule has 1 aliphatic rings. The van der Waals surface area contributed by atoms with E-state index in [1.807, 2.05) is 43.9 Å². The lowest BCUT2D eigenvalue weighted by atomic mass is 10.0. The van der Waals surface area contributed by atoms with Crippen molar-refractivity contribution in [2.45, 2.75) is 19.3 Å². The molecule has 0 saturated heterocycles. The Morgan fingerprint density at radius 1 is 1.17 bits per heavy atom. The lowest BCUT2D eigenvalue weighted by Gasteiger charge is -2.10. The van der Waals surface area contributed by atoms with Gasteiger partial charge in [-0.15, -0.1) is 11.6 Å². The van der Waals surface area contributed by atoms with Gasteiger partial charge in [0.15, 0.2) is 5.78 Å². The molecule has 97 valence electrons. The number of carbonyl (C=O) groups is 1. The molecule has 0 N–H and O–H groups in total. The highest BCUT2D eigenvalue weighted by Crippen LogP contribution is 2.36. The molecule has 0 atom stereocenters. The average Bonchev–Trinajstić information content (AvgIpc) is 2.65. The van der Waals surface area contributed by atoms with Crippen molar-refractivity contribution in [3.8, 4) is 0 Å². The summed E-state index contributed by atoms with van der Waals surface area (Å²) in [5.74, 6) is 0.825. The third kappa shape index (κ3) is 2.61. The number of hydrogen-bond acceptors (Lipinski definition) is 3. The fraction of sp³-hybridized carbons (Fsp3) is 0.429. The van der Waals surface area contributed by atoms with E-state index in [4.69, 9.17) is 11.6 Å². The molecule has 1 aromatic carbocycles. The fourth-order valence-corrected chi connectivity index (χ4v) is 2.38. The number of alkyl halides is 1. The molecule has 0 aliphatic carbocycles. The van der Waals surface area contributed by atoms with Gasteiger partial charge in [-0.2, -0.15) is 0 Å². The van der Waals surface area contributed by atoms with Gasteiger partial charge in [-0.3, -0.25) is 4.79 Å². The van der Waals surface area contributed by atoms with Crippen LogP contribution >= 0.6 is 11.6 Å². The minimum Gasteiger partial charge on any atom is -0.349 e. The van der Waals surface area contributed by atoms with Gasteiger partial charge in [-0.25, -0.2) is 0 Å². The molecule has 0 unspecified atom stereocenters. The second-order valence-corrected chi connectivity index (χ2v) is 4.99. The van der Waals surface area contributed by atoms with E-state index >= 15 is 0 Å². The fourth-order valence-electron chi connectivity index (χ4n) is 2.19. The number of nitrogens with zero attached hydrogens (tertiary/aromatic N) is 2. The standard InChI is InChI=1S/C14H18ClN2O/c1-16-10-17(2)13-9-11(6-7-12(13)16)14(18)5-3-4-8-15/h6-7,9-10H,3-5,8H2,1-2H3. The Hall–Kier alpha value is -1.22. The van der Waals surface area contributed by atoms with Crippen LogP contribution in [0.15, 0.2) is 18.2 Å². The lowest BCUT2D eigenvalue weighted by molar-refractivity contribution is 0.0980. The predicted molar refractivity (Wildman–Crippen MR) is 76.4 cm³/mol. The van der Waals surface area contributed by atoms with Crippen LogP contribution in [0.3, 0.4) is 0 Å². The topological polar surface area (TPSA) is 23.6 Å². The molecule has 3 nitrogen and oxygen atoms in total. The maximum atomic E-state index is 12.0. The van der Waals surface area contributed by atoms with E-state index in [2.05, 4.69) is 4.90 Å². The van der Waals surface area contributed by atoms with Crippen LogP contribution in [0.2, 0.25) is 0 Å². The number of carbonyl (C=O) groups excluding carboxylic acids is 1. The van der Waals surface area contributed by atoms with Crippen LogP contribution in [-0.4, -0.2) is 25.8 Å². The Kier molecular flexibility index (Phi) is 4.12. The third-order valence-corrected chi connectivity index (χ3v) is 3.46. The molecule has 1 radical (unpaired) electrons. The zero-order valence-corrected chi connectivity index (χ0v) is 11.6. The summed E-state index contributed by atoms with van der Waals surface area (Å²) < 4.78 is 0. The van der Waals surface area contributed by atoms with Crippen LogP contribution < -0.4 is 9.80 Å². The Morgan fingerprint density at radius 2 is 1.89 bits per heavy atom. The Bertz CT molecular complexity index is 447. The van der Waals surface area contributed by atoms with Gasteiger partial charge < -0.3 is 9.80 Å². The number of rotatable bonds is 5. The zero-order valence-electron chi connectivity index (χ0n) is 10.8. The molecule has 1 heterocycles. The van der Waals surface area contributed by atoms with Gasteiger partial charge in [0, 0.05) is 32.0 Å². The molecule has 1 aromatic rings. The smallest absolute Gasteiger partial charge is 0.162 e. The summed E-state index contributed by atoms with van der Waals surface area (Å²) in [6.07, 6.45) is 2.34. The van der Waals surface area contributed by atoms with Crippen molar-refractivity contribution in [2.75, 3.05) is 29.8 Å². The van der Waals surface area contributed by atoms with Crippen LogP contribution in [0, 0.1) is 6.67 Å². The van der Waals surface area contributed by atoms with E-state index in [1.165, 1.54) is 0 Å². The molecule has 18 heavy (non-hydrogen) atoms. The minimum absolute atomic E-state index is 0.200. The van der Waals surface area contributed by atoms with Gasteiger partial charge in [0.1, 0.15) is 6.67 Å². The highest BCUT2D eigenvalue weighted by molar-refractivity contribution is 6.17. The summed E-state index contributed by atoms with van der Waals surface area (Å²) in [5, 5.41) is 0. The summed E-state index contributed by atoms with van der Waals surface area (Å²) in [5.41, 5.74) is 3.01. The molecule has 0 fully saturated rings. The van der Waals surface area contributed by atoms with Crippen LogP contribution in [0.1, 0.15) is 29.6 Å². The highest BCUT2D eigenvalue weighted by atomic mass is 35.5. The van der Waals surface area contributed by atoms with Crippen molar-refractivity contribution in [2.24, 2.45) is 0 Å². The van der Waals surface area contributed by atoms with E-state index in [-0.39, 0.29) is 5.78 Å². The second-order valence-electron chi connectivity index (χ2n) is 4.61. The van der Waals surface area contributed by atoms with E-state index in [0.29, 0.717) is 12.3 Å². The molecular weight excluding hydrogens is 248 g/mol. The number of unbranched alkanes of at least 4 members (excludes halogenated alkanes) is 1. The SMILES string of the molecule is CN1[CH]N(C)c2cc(C(=O)CCCCCl)ccc21. The number of benzene rings is 1. The van der Waals surface area contributed by atoms with Gasteiger partial charge in [0.2, 0.25) is 0 Å². The van der Waals surface area contributed by atoms with Crippen LogP contribution in [0.25, 0.3) is 0 Å². The average molecular weight is 266 g/mol. The summed E-state index contributed by atoms with van der Waals surface area (Å²) >= 11 is 5.62. The van der Waals surface area contributed by atoms with Gasteiger partial charge in [0.25, 0.3) is 0 Å². The molecule has 0 aromatic heterocycles. The maximum absolute atomic E-state index is 12.0. The summed E-state index contributed by atoms with van der Waals surface area (Å²) in [7, 11) is 3.99. The monoisotopic (exact) mass is 265 g/mol. The van der Waals surface area contributed by atoms with Gasteiger partial charge in [-0.05, 0) is 31.0 Å². The van der Waals surface area contributed by atoms with Gasteiger partial charge in [0.05, 0.1) is 11.4 Å². The first-order chi connectivity index (χ1) is 8.63. The van der Waals surface area contributed by atoms with Crippen molar-refractivity contribution in [1.82, 2.24) is 0 Å². The number of halogens is 1. The van der Waals surface area contributed by atoms with Crippen molar-refractivity contribution >= 4 is 28.8 Å². The number of anilines is 2. The summed E-state index contributed by atoms with van der Waals surface area (Å²) in [4.78, 5) is 16.1. The number of Topliss-reactive ketones (excluding diaryl/α,β-unsaturated/α-hetero) is 1. The van der Waals surface area contributed by atoms with Crippen molar-refractivity contribution in [3.05, 3.63) is 30.4 Å². The first-order valence-corrected chi connectivity index (χ1v) is 6.71. The quantitative estimate of drug-likeness (QED) is 0.464. The van der Waals surface area contributed by atoms with Crippen LogP contribution in [0.5, 0.6) is 0 Å². The first-order valence-electron chi connectivity index (χ1n) is 6.17. The Labute approximate surface area is 113 Å². The molecule has 2 rings (SSSR count). The Balaban J connectivity index is 2.12. The molecule has 4 heteroatoms. The van der Waals surface area contributed by atoms with Crippen molar-refractivity contribution in [3.63, 3.8) is 0 Å². The van der Waals surface area contributed by atoms with Crippen molar-refractivity contribution < 1.29 is 4.79 Å². The molecule has 0 spiro atoms. The summed E-state index contributed by atoms with van der Waals surface area (Å²) in [6.45, 7) is 2.01. The normalized spacial score (nSPS) is 13.9. The largest absolute Gasteiger partial charge is 0.349 e. The molecule has 0 amide bonds. The van der Waals surface area contributed by atoms with E-state index in [1.54, 1.807) is 0 Å². The molecule has 0 saturated carbocycles. The first kappa shape index (κ1) is 13.2. The zero-order chi connectivity index (χ0) is 13.1. The summed E-state index contributed by atoms with van der Waals surface area (Å²) in [6, 6.07) is 5.88. The highest BCUT2D eigenvalue weighted by Gasteiger charge is 2.22. The Morgan fingerprint density at radius 3 is 2.61 bits per heavy atom. The molecule has 0 bridgehead atoms. The predicted octanol–water partition coefficient (Wildman–Crippen LogP) is 3.28. The number of fused-ring (bicyclic) bond motifs is 1. The minimum atomic E-state index is 0.200. The molecular formula is C14H18ClN2O. The maximum Gasteiger partial charge on any atom is 0.162 e. The number of hydrogen-bond donors (Lipinski definition) is 0. The number of ketones is 1. The van der Waals surface area contributed by atoms with Crippen LogP contribution in [-0.2, 0) is 0 Å². The lowest BCUT2D eigenvalue weighted by Crippen LogP contribution is -2.17. The van der Waals surface area contributed by atoms with E-state index in [0.717, 1.165) is 29.8 Å².